The molecule has 1 aromatic heterocycles. The van der Waals surface area contributed by atoms with Crippen LogP contribution in [0.4, 0.5) is 0 Å². The minimum absolute atomic E-state index is 0.231. The maximum Gasteiger partial charge on any atom is 0.306 e. The second-order valence-corrected chi connectivity index (χ2v) is 4.28. The zero-order chi connectivity index (χ0) is 12.4. The van der Waals surface area contributed by atoms with Crippen molar-refractivity contribution in [2.45, 2.75) is 26.0 Å². The van der Waals surface area contributed by atoms with Gasteiger partial charge in [0, 0.05) is 18.3 Å². The number of benzene rings is 1. The molecule has 2 aromatic rings. The largest absolute Gasteiger partial charge is 0.481 e. The summed E-state index contributed by atoms with van der Waals surface area (Å²) >= 11 is 0. The van der Waals surface area contributed by atoms with Gasteiger partial charge in [-0.1, -0.05) is 12.1 Å². The van der Waals surface area contributed by atoms with Gasteiger partial charge in [-0.05, 0) is 30.0 Å². The van der Waals surface area contributed by atoms with Crippen LogP contribution in [-0.4, -0.2) is 26.9 Å². The highest BCUT2D eigenvalue weighted by Gasteiger charge is 2.11. The molecule has 0 bridgehead atoms. The van der Waals surface area contributed by atoms with Gasteiger partial charge in [-0.2, -0.15) is 0 Å². The molecule has 90 valence electrons. The number of carbonyl (C=O) groups is 1. The molecular formula is C13H15NO3. The van der Waals surface area contributed by atoms with E-state index in [2.05, 4.69) is 0 Å². The van der Waals surface area contributed by atoms with E-state index in [9.17, 15) is 9.90 Å². The first-order valence-electron chi connectivity index (χ1n) is 5.51. The first kappa shape index (κ1) is 11.7. The Labute approximate surface area is 99.1 Å². The molecule has 0 saturated heterocycles. The molecule has 2 rings (SSSR count). The molecule has 0 aliphatic rings. The summed E-state index contributed by atoms with van der Waals surface area (Å²) in [7, 11) is 0. The molecule has 0 radical (unpaired) electrons. The van der Waals surface area contributed by atoms with Crippen molar-refractivity contribution in [3.05, 3.63) is 36.0 Å². The van der Waals surface area contributed by atoms with Crippen molar-refractivity contribution >= 4 is 16.9 Å². The van der Waals surface area contributed by atoms with Crippen molar-refractivity contribution < 1.29 is 15.0 Å². The summed E-state index contributed by atoms with van der Waals surface area (Å²) in [5.41, 5.74) is 2.17. The minimum atomic E-state index is -0.981. The zero-order valence-electron chi connectivity index (χ0n) is 9.63. The molecule has 2 N–H and O–H groups in total. The summed E-state index contributed by atoms with van der Waals surface area (Å²) in [6, 6.07) is 8.04. The zero-order valence-corrected chi connectivity index (χ0v) is 9.63. The van der Waals surface area contributed by atoms with Gasteiger partial charge in [-0.3, -0.25) is 4.79 Å². The monoisotopic (exact) mass is 233 g/mol. The number of aryl methyl sites for hydroxylation is 1. The smallest absolute Gasteiger partial charge is 0.306 e. The van der Waals surface area contributed by atoms with Crippen molar-refractivity contribution in [2.24, 2.45) is 0 Å². The van der Waals surface area contributed by atoms with Crippen molar-refractivity contribution in [2.75, 3.05) is 0 Å². The van der Waals surface area contributed by atoms with Crippen LogP contribution in [0.25, 0.3) is 10.9 Å². The third kappa shape index (κ3) is 2.65. The van der Waals surface area contributed by atoms with Gasteiger partial charge in [0.1, 0.15) is 0 Å². The first-order chi connectivity index (χ1) is 8.06. The average molecular weight is 233 g/mol. The Balaban J connectivity index is 2.24. The van der Waals surface area contributed by atoms with E-state index >= 15 is 0 Å². The fraction of sp³-hybridized carbons (Fsp3) is 0.308. The lowest BCUT2D eigenvalue weighted by molar-refractivity contribution is -0.139. The number of aliphatic hydroxyl groups excluding tert-OH is 1. The highest BCUT2D eigenvalue weighted by atomic mass is 16.4. The Bertz CT molecular complexity index is 545. The highest BCUT2D eigenvalue weighted by Crippen LogP contribution is 2.18. The summed E-state index contributed by atoms with van der Waals surface area (Å²) in [4.78, 5) is 10.5. The topological polar surface area (TPSA) is 62.5 Å². The minimum Gasteiger partial charge on any atom is -0.481 e. The quantitative estimate of drug-likeness (QED) is 0.846. The Morgan fingerprint density at radius 3 is 2.88 bits per heavy atom. The van der Waals surface area contributed by atoms with E-state index in [1.165, 1.54) is 0 Å². The predicted molar refractivity (Wildman–Crippen MR) is 64.9 cm³/mol. The second kappa shape index (κ2) is 4.59. The molecule has 1 heterocycles. The number of fused-ring (bicyclic) bond motifs is 1. The SMILES string of the molecule is Cc1ccc2ccn(CC(O)CC(=O)O)c2c1. The van der Waals surface area contributed by atoms with Crippen molar-refractivity contribution in [1.29, 1.82) is 0 Å². The molecular weight excluding hydrogens is 218 g/mol. The van der Waals surface area contributed by atoms with Crippen molar-refractivity contribution in [1.82, 2.24) is 4.57 Å². The average Bonchev–Trinajstić information content (AvgIpc) is 2.60. The lowest BCUT2D eigenvalue weighted by Gasteiger charge is -2.10. The summed E-state index contributed by atoms with van der Waals surface area (Å²) in [6.07, 6.45) is 0.782. The number of aliphatic carboxylic acids is 1. The van der Waals surface area contributed by atoms with Gasteiger partial charge in [0.2, 0.25) is 0 Å². The van der Waals surface area contributed by atoms with Crippen LogP contribution in [-0.2, 0) is 11.3 Å². The Morgan fingerprint density at radius 1 is 1.41 bits per heavy atom. The van der Waals surface area contributed by atoms with Crippen molar-refractivity contribution in [3.63, 3.8) is 0 Å². The fourth-order valence-corrected chi connectivity index (χ4v) is 1.95. The molecule has 0 spiro atoms. The van der Waals surface area contributed by atoms with E-state index < -0.39 is 12.1 Å². The molecule has 1 aromatic carbocycles. The number of hydrogen-bond acceptors (Lipinski definition) is 2. The Morgan fingerprint density at radius 2 is 2.18 bits per heavy atom. The van der Waals surface area contributed by atoms with Crippen LogP contribution in [0.5, 0.6) is 0 Å². The van der Waals surface area contributed by atoms with Gasteiger partial charge < -0.3 is 14.8 Å². The van der Waals surface area contributed by atoms with Gasteiger partial charge in [0.15, 0.2) is 0 Å². The number of aliphatic hydroxyl groups is 1. The second-order valence-electron chi connectivity index (χ2n) is 4.28. The molecule has 0 aliphatic carbocycles. The van der Waals surface area contributed by atoms with E-state index in [0.29, 0.717) is 6.54 Å². The maximum absolute atomic E-state index is 10.5. The molecule has 4 heteroatoms. The predicted octanol–water partition coefficient (Wildman–Crippen LogP) is 1.79. The fourth-order valence-electron chi connectivity index (χ4n) is 1.95. The summed E-state index contributed by atoms with van der Waals surface area (Å²) < 4.78 is 1.88. The summed E-state index contributed by atoms with van der Waals surface area (Å²) in [5, 5.41) is 19.3. The van der Waals surface area contributed by atoms with Crippen LogP contribution in [0.2, 0.25) is 0 Å². The number of hydrogen-bond donors (Lipinski definition) is 2. The standard InChI is InChI=1S/C13H15NO3/c1-9-2-3-10-4-5-14(12(10)6-9)8-11(15)7-13(16)17/h2-6,11,15H,7-8H2,1H3,(H,16,17). The van der Waals surface area contributed by atoms with Crippen LogP contribution >= 0.6 is 0 Å². The van der Waals surface area contributed by atoms with Crippen LogP contribution in [0.3, 0.4) is 0 Å². The van der Waals surface area contributed by atoms with Gasteiger partial charge in [-0.15, -0.1) is 0 Å². The highest BCUT2D eigenvalue weighted by molar-refractivity contribution is 5.80. The summed E-state index contributed by atoms with van der Waals surface area (Å²) in [5.74, 6) is -0.981. The molecule has 4 nitrogen and oxygen atoms in total. The van der Waals surface area contributed by atoms with Crippen LogP contribution in [0, 0.1) is 6.92 Å². The maximum atomic E-state index is 10.5. The molecule has 0 aliphatic heterocycles. The van der Waals surface area contributed by atoms with E-state index in [-0.39, 0.29) is 6.42 Å². The van der Waals surface area contributed by atoms with Crippen LogP contribution in [0.1, 0.15) is 12.0 Å². The Hall–Kier alpha value is -1.81. The molecule has 0 amide bonds. The van der Waals surface area contributed by atoms with Gasteiger partial charge in [0.25, 0.3) is 0 Å². The van der Waals surface area contributed by atoms with Crippen LogP contribution < -0.4 is 0 Å². The molecule has 0 saturated carbocycles. The number of aromatic nitrogens is 1. The van der Waals surface area contributed by atoms with E-state index in [0.717, 1.165) is 16.5 Å². The molecule has 0 fully saturated rings. The van der Waals surface area contributed by atoms with Gasteiger partial charge in [-0.25, -0.2) is 0 Å². The van der Waals surface area contributed by atoms with E-state index in [1.807, 2.05) is 42.0 Å². The van der Waals surface area contributed by atoms with E-state index in [4.69, 9.17) is 5.11 Å². The van der Waals surface area contributed by atoms with Gasteiger partial charge >= 0.3 is 5.97 Å². The lowest BCUT2D eigenvalue weighted by atomic mass is 10.2. The van der Waals surface area contributed by atoms with Crippen LogP contribution in [0.15, 0.2) is 30.5 Å². The van der Waals surface area contributed by atoms with Gasteiger partial charge in [0.05, 0.1) is 12.5 Å². The molecule has 1 unspecified atom stereocenters. The number of nitrogens with zero attached hydrogens (tertiary/aromatic N) is 1. The number of carboxylic acids is 1. The first-order valence-corrected chi connectivity index (χ1v) is 5.51. The lowest BCUT2D eigenvalue weighted by Crippen LogP contribution is -2.19. The summed E-state index contributed by atoms with van der Waals surface area (Å²) in [6.45, 7) is 2.31. The normalized spacial score (nSPS) is 12.8. The third-order valence-electron chi connectivity index (χ3n) is 2.75. The molecule has 17 heavy (non-hydrogen) atoms. The molecule has 1 atom stereocenters. The number of carboxylic acid groups (broad SMARTS) is 1. The number of rotatable bonds is 4. The van der Waals surface area contributed by atoms with E-state index in [1.54, 1.807) is 0 Å². The van der Waals surface area contributed by atoms with Crippen molar-refractivity contribution in [3.8, 4) is 0 Å². The third-order valence-corrected chi connectivity index (χ3v) is 2.75. The Kier molecular flexibility index (Phi) is 3.15.